The molecule has 0 aromatic heterocycles. The van der Waals surface area contributed by atoms with E-state index in [2.05, 4.69) is 5.32 Å². The monoisotopic (exact) mass is 360 g/mol. The maximum atomic E-state index is 12.4. The smallest absolute Gasteiger partial charge is 0.326 e. The summed E-state index contributed by atoms with van der Waals surface area (Å²) in [4.78, 5) is 37.6. The number of nitrogens with one attached hydrogen (secondary N) is 1. The van der Waals surface area contributed by atoms with Crippen LogP contribution in [0.5, 0.6) is 5.75 Å². The summed E-state index contributed by atoms with van der Waals surface area (Å²) in [6.07, 6.45) is 2.64. The number of aliphatic carboxylic acids is 1. The van der Waals surface area contributed by atoms with Crippen LogP contribution in [0.25, 0.3) is 0 Å². The summed E-state index contributed by atoms with van der Waals surface area (Å²) >= 11 is 0. The third-order valence-electron chi connectivity index (χ3n) is 5.00. The van der Waals surface area contributed by atoms with Crippen LogP contribution in [0.1, 0.15) is 31.2 Å². The molecule has 140 valence electrons. The molecule has 7 heteroatoms. The minimum absolute atomic E-state index is 0.0879. The minimum Gasteiger partial charge on any atom is -0.497 e. The summed E-state index contributed by atoms with van der Waals surface area (Å²) < 4.78 is 5.12. The first-order chi connectivity index (χ1) is 12.5. The highest BCUT2D eigenvalue weighted by Gasteiger charge is 2.37. The fraction of sp³-hybridized carbons (Fsp3) is 0.526. The Kier molecular flexibility index (Phi) is 5.44. The highest BCUT2D eigenvalue weighted by atomic mass is 16.5. The summed E-state index contributed by atoms with van der Waals surface area (Å²) in [5.74, 6) is -0.799. The third kappa shape index (κ3) is 4.53. The van der Waals surface area contributed by atoms with Gasteiger partial charge in [-0.15, -0.1) is 0 Å². The number of carbonyl (C=O) groups excluding carboxylic acids is 2. The Morgan fingerprint density at radius 3 is 2.58 bits per heavy atom. The van der Waals surface area contributed by atoms with Crippen molar-refractivity contribution in [3.05, 3.63) is 29.8 Å². The number of carbonyl (C=O) groups is 3. The van der Waals surface area contributed by atoms with Crippen molar-refractivity contribution in [2.45, 2.75) is 38.3 Å². The lowest BCUT2D eigenvalue weighted by Gasteiger charge is -2.19. The normalized spacial score (nSPS) is 20.7. The third-order valence-corrected chi connectivity index (χ3v) is 5.00. The fourth-order valence-electron chi connectivity index (χ4n) is 3.25. The summed E-state index contributed by atoms with van der Waals surface area (Å²) in [5, 5.41) is 11.9. The van der Waals surface area contributed by atoms with E-state index in [1.807, 2.05) is 24.3 Å². The van der Waals surface area contributed by atoms with Crippen LogP contribution in [0.3, 0.4) is 0 Å². The van der Waals surface area contributed by atoms with Gasteiger partial charge in [-0.05, 0) is 30.0 Å². The molecule has 1 aromatic carbocycles. The molecule has 0 radical (unpaired) electrons. The molecule has 2 fully saturated rings. The van der Waals surface area contributed by atoms with Crippen molar-refractivity contribution < 1.29 is 24.2 Å². The van der Waals surface area contributed by atoms with Crippen LogP contribution in [0.4, 0.5) is 0 Å². The molecule has 26 heavy (non-hydrogen) atoms. The van der Waals surface area contributed by atoms with E-state index in [9.17, 15) is 19.5 Å². The molecule has 2 atom stereocenters. The van der Waals surface area contributed by atoms with Gasteiger partial charge in [0.1, 0.15) is 11.8 Å². The van der Waals surface area contributed by atoms with E-state index in [-0.39, 0.29) is 18.2 Å². The maximum absolute atomic E-state index is 12.4. The van der Waals surface area contributed by atoms with E-state index in [0.29, 0.717) is 25.4 Å². The van der Waals surface area contributed by atoms with Crippen LogP contribution in [-0.4, -0.2) is 47.5 Å². The van der Waals surface area contributed by atoms with Crippen LogP contribution in [0, 0.1) is 11.8 Å². The maximum Gasteiger partial charge on any atom is 0.326 e. The Labute approximate surface area is 152 Å². The molecule has 3 rings (SSSR count). The molecule has 2 amide bonds. The second-order valence-corrected chi connectivity index (χ2v) is 7.10. The van der Waals surface area contributed by atoms with E-state index in [1.54, 1.807) is 12.0 Å². The highest BCUT2D eigenvalue weighted by molar-refractivity contribution is 5.91. The lowest BCUT2D eigenvalue weighted by molar-refractivity contribution is -0.142. The number of benzene rings is 1. The van der Waals surface area contributed by atoms with Crippen molar-refractivity contribution in [2.75, 3.05) is 13.7 Å². The highest BCUT2D eigenvalue weighted by Crippen LogP contribution is 2.33. The molecule has 1 aromatic rings. The first-order valence-corrected chi connectivity index (χ1v) is 8.90. The molecule has 0 spiro atoms. The van der Waals surface area contributed by atoms with E-state index in [0.717, 1.165) is 24.2 Å². The molecule has 0 bridgehead atoms. The second kappa shape index (κ2) is 7.76. The number of methoxy groups -OCH3 is 1. The van der Waals surface area contributed by atoms with Gasteiger partial charge < -0.3 is 20.1 Å². The second-order valence-electron chi connectivity index (χ2n) is 7.10. The van der Waals surface area contributed by atoms with Gasteiger partial charge in [0.05, 0.1) is 13.0 Å². The van der Waals surface area contributed by atoms with E-state index >= 15 is 0 Å². The van der Waals surface area contributed by atoms with Crippen molar-refractivity contribution >= 4 is 17.8 Å². The van der Waals surface area contributed by atoms with Crippen molar-refractivity contribution in [1.82, 2.24) is 10.2 Å². The van der Waals surface area contributed by atoms with Gasteiger partial charge in [0.25, 0.3) is 0 Å². The molecular formula is C19H24N2O5. The van der Waals surface area contributed by atoms with Gasteiger partial charge >= 0.3 is 5.97 Å². The number of hydrogen-bond donors (Lipinski definition) is 2. The van der Waals surface area contributed by atoms with Gasteiger partial charge in [-0.3, -0.25) is 9.59 Å². The molecule has 1 aliphatic heterocycles. The number of likely N-dealkylation sites (tertiary alicyclic amines) is 1. The molecular weight excluding hydrogens is 336 g/mol. The van der Waals surface area contributed by atoms with Crippen molar-refractivity contribution in [3.63, 3.8) is 0 Å². The van der Waals surface area contributed by atoms with Gasteiger partial charge in [-0.25, -0.2) is 4.79 Å². The van der Waals surface area contributed by atoms with Crippen molar-refractivity contribution in [1.29, 1.82) is 0 Å². The van der Waals surface area contributed by atoms with Gasteiger partial charge in [-0.1, -0.05) is 25.0 Å². The number of carboxylic acid groups (broad SMARTS) is 1. The number of hydrogen-bond acceptors (Lipinski definition) is 4. The largest absolute Gasteiger partial charge is 0.497 e. The van der Waals surface area contributed by atoms with Gasteiger partial charge in [0, 0.05) is 19.5 Å². The topological polar surface area (TPSA) is 95.9 Å². The van der Waals surface area contributed by atoms with E-state index < -0.39 is 17.9 Å². The van der Waals surface area contributed by atoms with Gasteiger partial charge in [0.15, 0.2) is 0 Å². The van der Waals surface area contributed by atoms with Crippen LogP contribution in [0.2, 0.25) is 0 Å². The molecule has 7 nitrogen and oxygen atoms in total. The number of carboxylic acids is 1. The Morgan fingerprint density at radius 1 is 1.31 bits per heavy atom. The summed E-state index contributed by atoms with van der Waals surface area (Å²) in [6.45, 7) is 0.740. The molecule has 2 aliphatic rings. The number of amides is 2. The van der Waals surface area contributed by atoms with Gasteiger partial charge in [0.2, 0.25) is 11.8 Å². The van der Waals surface area contributed by atoms with Crippen molar-refractivity contribution in [2.24, 2.45) is 11.8 Å². The average Bonchev–Trinajstić information content (AvgIpc) is 3.37. The summed E-state index contributed by atoms with van der Waals surface area (Å²) in [6, 6.07) is 6.57. The number of nitrogens with zero attached hydrogens (tertiary/aromatic N) is 1. The SMILES string of the molecule is COc1ccc(CN2CC(C(=O)NC(CC3CC3)C(=O)O)CC2=O)cc1. The van der Waals surface area contributed by atoms with E-state index in [1.165, 1.54) is 0 Å². The molecule has 1 heterocycles. The predicted octanol–water partition coefficient (Wildman–Crippen LogP) is 1.41. The zero-order valence-electron chi connectivity index (χ0n) is 14.8. The standard InChI is InChI=1S/C19H24N2O5/c1-26-15-6-4-13(5-7-15)10-21-11-14(9-17(21)22)18(23)20-16(19(24)25)8-12-2-3-12/h4-7,12,14,16H,2-3,8-11H2,1H3,(H,20,23)(H,24,25). The Bertz CT molecular complexity index is 684. The molecule has 1 saturated heterocycles. The van der Waals surface area contributed by atoms with Crippen LogP contribution >= 0.6 is 0 Å². The molecule has 1 saturated carbocycles. The van der Waals surface area contributed by atoms with Crippen molar-refractivity contribution in [3.8, 4) is 5.75 Å². The minimum atomic E-state index is -1.01. The zero-order valence-corrected chi connectivity index (χ0v) is 14.8. The summed E-state index contributed by atoms with van der Waals surface area (Å²) in [7, 11) is 1.59. The fourth-order valence-corrected chi connectivity index (χ4v) is 3.25. The zero-order chi connectivity index (χ0) is 18.7. The Hall–Kier alpha value is -2.57. The first kappa shape index (κ1) is 18.2. The number of ether oxygens (including phenoxy) is 1. The Morgan fingerprint density at radius 2 is 2.00 bits per heavy atom. The number of rotatable bonds is 8. The molecule has 2 N–H and O–H groups in total. The molecule has 2 unspecified atom stereocenters. The quantitative estimate of drug-likeness (QED) is 0.731. The average molecular weight is 360 g/mol. The summed E-state index contributed by atoms with van der Waals surface area (Å²) in [5.41, 5.74) is 0.956. The molecule has 1 aliphatic carbocycles. The van der Waals surface area contributed by atoms with E-state index in [4.69, 9.17) is 4.74 Å². The van der Waals surface area contributed by atoms with Crippen LogP contribution in [-0.2, 0) is 20.9 Å². The predicted molar refractivity (Wildman–Crippen MR) is 93.4 cm³/mol. The lowest BCUT2D eigenvalue weighted by atomic mass is 10.1. The lowest BCUT2D eigenvalue weighted by Crippen LogP contribution is -2.44. The van der Waals surface area contributed by atoms with Crippen LogP contribution < -0.4 is 10.1 Å². The van der Waals surface area contributed by atoms with Gasteiger partial charge in [-0.2, -0.15) is 0 Å². The Balaban J connectivity index is 1.55. The van der Waals surface area contributed by atoms with Crippen LogP contribution in [0.15, 0.2) is 24.3 Å². The first-order valence-electron chi connectivity index (χ1n) is 8.90.